The highest BCUT2D eigenvalue weighted by molar-refractivity contribution is 6.01. The Kier molecular flexibility index (Phi) is 8.05. The highest BCUT2D eigenvalue weighted by Gasteiger charge is 2.25. The molecule has 1 aromatic rings. The van der Waals surface area contributed by atoms with Crippen LogP contribution < -0.4 is 10.1 Å². The first-order valence-corrected chi connectivity index (χ1v) is 9.40. The number of rotatable bonds is 7. The van der Waals surface area contributed by atoms with E-state index in [2.05, 4.69) is 5.32 Å². The van der Waals surface area contributed by atoms with E-state index in [1.165, 1.54) is 12.1 Å². The lowest BCUT2D eigenvalue weighted by Gasteiger charge is -2.24. The molecule has 1 amide bonds. The number of alkyl carbamates (subject to hydrolysis) is 1. The molecule has 0 saturated carbocycles. The largest absolute Gasteiger partial charge is 0.507 e. The Hall–Kier alpha value is -2.77. The van der Waals surface area contributed by atoms with Crippen molar-refractivity contribution in [1.29, 1.82) is 0 Å². The van der Waals surface area contributed by atoms with Crippen molar-refractivity contribution in [2.75, 3.05) is 19.8 Å². The van der Waals surface area contributed by atoms with Crippen molar-refractivity contribution >= 4 is 17.8 Å². The molecule has 0 aliphatic rings. The van der Waals surface area contributed by atoms with E-state index in [4.69, 9.17) is 14.2 Å². The van der Waals surface area contributed by atoms with Crippen LogP contribution in [-0.2, 0) is 19.7 Å². The number of carbonyl (C=O) groups is 3. The van der Waals surface area contributed by atoms with E-state index in [0.29, 0.717) is 5.56 Å². The molecule has 0 spiro atoms. The van der Waals surface area contributed by atoms with Crippen molar-refractivity contribution in [2.24, 2.45) is 0 Å². The molecule has 0 fully saturated rings. The van der Waals surface area contributed by atoms with Gasteiger partial charge in [0.15, 0.2) is 12.4 Å². The second-order valence-corrected chi connectivity index (χ2v) is 8.49. The third-order valence-electron chi connectivity index (χ3n) is 3.65. The number of ketones is 1. The van der Waals surface area contributed by atoms with Crippen LogP contribution in [0.3, 0.4) is 0 Å². The molecule has 0 radical (unpaired) electrons. The molecule has 29 heavy (non-hydrogen) atoms. The summed E-state index contributed by atoms with van der Waals surface area (Å²) in [6, 6.07) is 2.80. The van der Waals surface area contributed by atoms with E-state index in [9.17, 15) is 19.5 Å². The molecule has 0 aliphatic heterocycles. The second kappa shape index (κ2) is 9.62. The summed E-state index contributed by atoms with van der Waals surface area (Å²) < 4.78 is 15.4. The Morgan fingerprint density at radius 3 is 2.21 bits per heavy atom. The maximum absolute atomic E-state index is 12.5. The summed E-state index contributed by atoms with van der Waals surface area (Å²) in [5.74, 6) is -1.06. The van der Waals surface area contributed by atoms with Crippen LogP contribution in [0.2, 0.25) is 0 Å². The van der Waals surface area contributed by atoms with Gasteiger partial charge in [0.2, 0.25) is 0 Å². The van der Waals surface area contributed by atoms with Crippen molar-refractivity contribution in [2.45, 2.75) is 59.5 Å². The van der Waals surface area contributed by atoms with Crippen LogP contribution in [0.1, 0.15) is 64.4 Å². The van der Waals surface area contributed by atoms with Gasteiger partial charge in [0, 0.05) is 11.6 Å². The minimum Gasteiger partial charge on any atom is -0.507 e. The maximum Gasteiger partial charge on any atom is 0.408 e. The Bertz CT molecular complexity index is 758. The zero-order valence-corrected chi connectivity index (χ0v) is 18.2. The predicted molar refractivity (Wildman–Crippen MR) is 108 cm³/mol. The monoisotopic (exact) mass is 409 g/mol. The van der Waals surface area contributed by atoms with E-state index >= 15 is 0 Å². The van der Waals surface area contributed by atoms with Crippen molar-refractivity contribution in [3.05, 3.63) is 23.3 Å². The molecule has 0 aliphatic carbocycles. The van der Waals surface area contributed by atoms with E-state index in [0.717, 1.165) is 0 Å². The van der Waals surface area contributed by atoms with Crippen LogP contribution in [0.15, 0.2) is 12.1 Å². The second-order valence-electron chi connectivity index (χ2n) is 8.49. The molecule has 0 aromatic heterocycles. The van der Waals surface area contributed by atoms with Gasteiger partial charge in [0.25, 0.3) is 0 Å². The molecule has 1 aromatic carbocycles. The summed E-state index contributed by atoms with van der Waals surface area (Å²) in [5, 5.41) is 12.7. The van der Waals surface area contributed by atoms with E-state index < -0.39 is 28.9 Å². The highest BCUT2D eigenvalue weighted by Crippen LogP contribution is 2.36. The maximum atomic E-state index is 12.5. The Morgan fingerprint density at radius 1 is 1.07 bits per heavy atom. The third kappa shape index (κ3) is 8.01. The van der Waals surface area contributed by atoms with Gasteiger partial charge in [-0.2, -0.15) is 0 Å². The van der Waals surface area contributed by atoms with Gasteiger partial charge in [-0.25, -0.2) is 9.59 Å². The van der Waals surface area contributed by atoms with Gasteiger partial charge in [-0.05, 0) is 39.2 Å². The summed E-state index contributed by atoms with van der Waals surface area (Å²) in [4.78, 5) is 35.9. The number of hydrogen-bond acceptors (Lipinski definition) is 7. The Labute approximate surface area is 171 Å². The number of phenolic OH excluding ortho intramolecular Hbond substituents is 1. The molecular formula is C21H31NO7. The van der Waals surface area contributed by atoms with Crippen LogP contribution in [0.25, 0.3) is 0 Å². The normalized spacial score (nSPS) is 11.6. The number of carbonyl (C=O) groups excluding carboxylic acids is 3. The fourth-order valence-electron chi connectivity index (χ4n) is 2.40. The van der Waals surface area contributed by atoms with E-state index in [1.54, 1.807) is 27.7 Å². The summed E-state index contributed by atoms with van der Waals surface area (Å²) in [6.07, 6.45) is -0.726. The van der Waals surface area contributed by atoms with Gasteiger partial charge in [-0.1, -0.05) is 20.8 Å². The molecule has 1 rings (SSSR count). The summed E-state index contributed by atoms with van der Waals surface area (Å²) in [5.41, 5.74) is -0.465. The zero-order chi connectivity index (χ0) is 22.4. The molecule has 0 unspecified atom stereocenters. The number of ether oxygens (including phenoxy) is 3. The van der Waals surface area contributed by atoms with Gasteiger partial charge in [-0.15, -0.1) is 0 Å². The third-order valence-corrected chi connectivity index (χ3v) is 3.65. The molecular weight excluding hydrogens is 378 g/mol. The smallest absolute Gasteiger partial charge is 0.408 e. The quantitative estimate of drug-likeness (QED) is 0.525. The standard InChI is InChI=1S/C21H31NO7/c1-8-27-18(25)12-28-17-10-15(23)13(9-14(17)20(2,3)4)16(24)11-22-19(26)29-21(5,6)7/h9-10,23H,8,11-12H2,1-7H3,(H,22,26). The molecule has 0 saturated heterocycles. The highest BCUT2D eigenvalue weighted by atomic mass is 16.6. The lowest BCUT2D eigenvalue weighted by Crippen LogP contribution is -2.35. The summed E-state index contributed by atoms with van der Waals surface area (Å²) in [7, 11) is 0. The fraction of sp³-hybridized carbons (Fsp3) is 0.571. The van der Waals surface area contributed by atoms with Gasteiger partial charge in [0.05, 0.1) is 18.7 Å². The number of Topliss-reactive ketones (excluding diaryl/α,β-unsaturated/α-hetero) is 1. The summed E-state index contributed by atoms with van der Waals surface area (Å²) >= 11 is 0. The topological polar surface area (TPSA) is 111 Å². The van der Waals surface area contributed by atoms with Crippen LogP contribution in [-0.4, -0.2) is 48.3 Å². The number of amides is 1. The Balaban J connectivity index is 3.03. The van der Waals surface area contributed by atoms with Gasteiger partial charge in [0.1, 0.15) is 17.1 Å². The lowest BCUT2D eigenvalue weighted by atomic mass is 9.84. The molecule has 0 bridgehead atoms. The minimum absolute atomic E-state index is 0.0365. The van der Waals surface area contributed by atoms with E-state index in [1.807, 2.05) is 20.8 Å². The number of benzene rings is 1. The average molecular weight is 409 g/mol. The molecule has 8 nitrogen and oxygen atoms in total. The fourth-order valence-corrected chi connectivity index (χ4v) is 2.40. The van der Waals surface area contributed by atoms with Gasteiger partial charge < -0.3 is 24.6 Å². The van der Waals surface area contributed by atoms with Gasteiger partial charge >= 0.3 is 12.1 Å². The first-order chi connectivity index (χ1) is 13.2. The first-order valence-electron chi connectivity index (χ1n) is 9.40. The van der Waals surface area contributed by atoms with Crippen LogP contribution >= 0.6 is 0 Å². The van der Waals surface area contributed by atoms with Crippen molar-refractivity contribution in [3.63, 3.8) is 0 Å². The number of hydrogen-bond donors (Lipinski definition) is 2. The SMILES string of the molecule is CCOC(=O)COc1cc(O)c(C(=O)CNC(=O)OC(C)(C)C)cc1C(C)(C)C. The van der Waals surface area contributed by atoms with Crippen LogP contribution in [0.4, 0.5) is 4.79 Å². The summed E-state index contributed by atoms with van der Waals surface area (Å²) in [6.45, 7) is 12.1. The number of esters is 1. The van der Waals surface area contributed by atoms with Crippen molar-refractivity contribution in [1.82, 2.24) is 5.32 Å². The molecule has 0 heterocycles. The first kappa shape index (κ1) is 24.3. The minimum atomic E-state index is -0.726. The predicted octanol–water partition coefficient (Wildman–Crippen LogP) is 3.34. The van der Waals surface area contributed by atoms with Crippen molar-refractivity contribution < 1.29 is 33.7 Å². The van der Waals surface area contributed by atoms with Gasteiger partial charge in [-0.3, -0.25) is 4.79 Å². The van der Waals surface area contributed by atoms with E-state index in [-0.39, 0.29) is 36.8 Å². The zero-order valence-electron chi connectivity index (χ0n) is 18.2. The number of nitrogens with one attached hydrogen (secondary N) is 1. The number of phenols is 1. The van der Waals surface area contributed by atoms with Crippen LogP contribution in [0.5, 0.6) is 11.5 Å². The Morgan fingerprint density at radius 2 is 1.69 bits per heavy atom. The average Bonchev–Trinajstić information content (AvgIpc) is 2.55. The molecule has 162 valence electrons. The molecule has 8 heteroatoms. The van der Waals surface area contributed by atoms with Crippen LogP contribution in [0, 0.1) is 0 Å². The lowest BCUT2D eigenvalue weighted by molar-refractivity contribution is -0.145. The molecule has 2 N–H and O–H groups in total. The van der Waals surface area contributed by atoms with Crippen molar-refractivity contribution in [3.8, 4) is 11.5 Å². The number of aromatic hydroxyl groups is 1. The molecule has 0 atom stereocenters.